The van der Waals surface area contributed by atoms with Crippen molar-refractivity contribution < 1.29 is 14.3 Å². The van der Waals surface area contributed by atoms with Crippen LogP contribution in [0.4, 0.5) is 0 Å². The number of para-hydroxylation sites is 2. The number of hydrogen-bond donors (Lipinski definition) is 2. The quantitative estimate of drug-likeness (QED) is 0.853. The number of amides is 1. The molecule has 1 amide bonds. The number of fused-ring (bicyclic) bond motifs is 1. The van der Waals surface area contributed by atoms with Gasteiger partial charge in [-0.05, 0) is 32.4 Å². The number of carbonyl (C=O) groups is 1. The first-order chi connectivity index (χ1) is 12.0. The van der Waals surface area contributed by atoms with Crippen molar-refractivity contribution in [3.8, 4) is 11.5 Å². The molecule has 25 heavy (non-hydrogen) atoms. The van der Waals surface area contributed by atoms with E-state index in [9.17, 15) is 9.59 Å². The summed E-state index contributed by atoms with van der Waals surface area (Å²) in [7, 11) is 0. The summed E-state index contributed by atoms with van der Waals surface area (Å²) in [5.41, 5.74) is 1.03. The van der Waals surface area contributed by atoms with Gasteiger partial charge in [0.15, 0.2) is 11.5 Å². The molecule has 0 spiro atoms. The van der Waals surface area contributed by atoms with Crippen LogP contribution in [0, 0.1) is 13.8 Å². The lowest BCUT2D eigenvalue weighted by Crippen LogP contribution is -2.40. The lowest BCUT2D eigenvalue weighted by molar-refractivity contribution is -0.121. The third-order valence-electron chi connectivity index (χ3n) is 4.04. The van der Waals surface area contributed by atoms with E-state index in [4.69, 9.17) is 9.47 Å². The molecule has 1 aromatic heterocycles. The SMILES string of the molecule is Cc1nc(C)c(CCC(=O)NC[C@H]2COc3ccccc3O2)c(=O)[nH]1. The number of hydrogen-bond acceptors (Lipinski definition) is 5. The number of ether oxygens (including phenoxy) is 2. The molecular weight excluding hydrogens is 322 g/mol. The largest absolute Gasteiger partial charge is 0.486 e. The van der Waals surface area contributed by atoms with Gasteiger partial charge in [0.2, 0.25) is 5.91 Å². The van der Waals surface area contributed by atoms with Gasteiger partial charge in [0, 0.05) is 17.7 Å². The maximum Gasteiger partial charge on any atom is 0.254 e. The van der Waals surface area contributed by atoms with Crippen molar-refractivity contribution in [3.05, 3.63) is 51.7 Å². The number of nitrogens with one attached hydrogen (secondary N) is 2. The number of nitrogens with zero attached hydrogens (tertiary/aromatic N) is 1. The Morgan fingerprint density at radius 3 is 2.84 bits per heavy atom. The molecule has 1 aliphatic heterocycles. The highest BCUT2D eigenvalue weighted by molar-refractivity contribution is 5.76. The van der Waals surface area contributed by atoms with E-state index in [1.54, 1.807) is 13.8 Å². The Hall–Kier alpha value is -2.83. The lowest BCUT2D eigenvalue weighted by Gasteiger charge is -2.26. The van der Waals surface area contributed by atoms with E-state index in [2.05, 4.69) is 15.3 Å². The van der Waals surface area contributed by atoms with Gasteiger partial charge in [-0.15, -0.1) is 0 Å². The third-order valence-corrected chi connectivity index (χ3v) is 4.04. The standard InChI is InChI=1S/C18H21N3O4/c1-11-14(18(23)21-12(2)20-11)7-8-17(22)19-9-13-10-24-15-5-3-4-6-16(15)25-13/h3-6,13H,7-10H2,1-2H3,(H,19,22)(H,20,21,23)/t13-/m0/s1. The molecule has 0 saturated carbocycles. The number of carbonyl (C=O) groups excluding carboxylic acids is 1. The molecule has 0 bridgehead atoms. The Bertz CT molecular complexity index is 831. The number of benzene rings is 1. The van der Waals surface area contributed by atoms with E-state index in [1.807, 2.05) is 24.3 Å². The van der Waals surface area contributed by atoms with Gasteiger partial charge >= 0.3 is 0 Å². The number of aryl methyl sites for hydroxylation is 2. The van der Waals surface area contributed by atoms with Crippen molar-refractivity contribution in [2.45, 2.75) is 32.8 Å². The molecule has 2 N–H and O–H groups in total. The Morgan fingerprint density at radius 1 is 1.32 bits per heavy atom. The van der Waals surface area contributed by atoms with Crippen molar-refractivity contribution in [1.29, 1.82) is 0 Å². The van der Waals surface area contributed by atoms with E-state index in [0.29, 0.717) is 48.2 Å². The molecule has 2 aromatic rings. The molecule has 1 aromatic carbocycles. The second-order valence-corrected chi connectivity index (χ2v) is 6.02. The summed E-state index contributed by atoms with van der Waals surface area (Å²) >= 11 is 0. The Kier molecular flexibility index (Phi) is 5.02. The molecule has 1 atom stereocenters. The highest BCUT2D eigenvalue weighted by Crippen LogP contribution is 2.30. The average Bonchev–Trinajstić information content (AvgIpc) is 2.59. The van der Waals surface area contributed by atoms with Crippen LogP contribution in [-0.4, -0.2) is 35.1 Å². The summed E-state index contributed by atoms with van der Waals surface area (Å²) in [6.07, 6.45) is 0.342. The van der Waals surface area contributed by atoms with Crippen LogP contribution in [-0.2, 0) is 11.2 Å². The number of aromatic amines is 1. The van der Waals surface area contributed by atoms with Crippen LogP contribution in [0.5, 0.6) is 11.5 Å². The molecule has 7 heteroatoms. The van der Waals surface area contributed by atoms with Crippen LogP contribution in [0.25, 0.3) is 0 Å². The molecule has 2 heterocycles. The van der Waals surface area contributed by atoms with Crippen molar-refractivity contribution in [2.75, 3.05) is 13.2 Å². The van der Waals surface area contributed by atoms with Crippen molar-refractivity contribution in [1.82, 2.24) is 15.3 Å². The Labute approximate surface area is 145 Å². The summed E-state index contributed by atoms with van der Waals surface area (Å²) in [6, 6.07) is 7.44. The molecule has 3 rings (SSSR count). The zero-order chi connectivity index (χ0) is 17.8. The topological polar surface area (TPSA) is 93.3 Å². The highest BCUT2D eigenvalue weighted by Gasteiger charge is 2.21. The van der Waals surface area contributed by atoms with Crippen LogP contribution in [0.1, 0.15) is 23.5 Å². The Morgan fingerprint density at radius 2 is 2.08 bits per heavy atom. The number of aromatic nitrogens is 2. The molecular formula is C18H21N3O4. The fourth-order valence-electron chi connectivity index (χ4n) is 2.76. The second-order valence-electron chi connectivity index (χ2n) is 6.02. The average molecular weight is 343 g/mol. The fraction of sp³-hybridized carbons (Fsp3) is 0.389. The molecule has 0 aliphatic carbocycles. The summed E-state index contributed by atoms with van der Waals surface area (Å²) in [4.78, 5) is 30.9. The zero-order valence-corrected chi connectivity index (χ0v) is 14.3. The number of rotatable bonds is 5. The van der Waals surface area contributed by atoms with Crippen LogP contribution in [0.15, 0.2) is 29.1 Å². The van der Waals surface area contributed by atoms with Crippen LogP contribution < -0.4 is 20.3 Å². The predicted molar refractivity (Wildman–Crippen MR) is 92.0 cm³/mol. The molecule has 132 valence electrons. The summed E-state index contributed by atoms with van der Waals surface area (Å²) < 4.78 is 11.4. The minimum Gasteiger partial charge on any atom is -0.486 e. The molecule has 0 unspecified atom stereocenters. The second kappa shape index (κ2) is 7.38. The molecule has 0 radical (unpaired) electrons. The van der Waals surface area contributed by atoms with Crippen molar-refractivity contribution >= 4 is 5.91 Å². The molecule has 0 fully saturated rings. The van der Waals surface area contributed by atoms with E-state index in [0.717, 1.165) is 0 Å². The van der Waals surface area contributed by atoms with E-state index >= 15 is 0 Å². The first-order valence-electron chi connectivity index (χ1n) is 8.24. The zero-order valence-electron chi connectivity index (χ0n) is 14.3. The number of H-pyrrole nitrogens is 1. The van der Waals surface area contributed by atoms with Crippen molar-refractivity contribution in [2.24, 2.45) is 0 Å². The fourth-order valence-corrected chi connectivity index (χ4v) is 2.76. The van der Waals surface area contributed by atoms with Gasteiger partial charge in [-0.25, -0.2) is 4.98 Å². The van der Waals surface area contributed by atoms with E-state index in [1.165, 1.54) is 0 Å². The molecule has 0 saturated heterocycles. The third kappa shape index (κ3) is 4.17. The normalized spacial score (nSPS) is 15.7. The van der Waals surface area contributed by atoms with Gasteiger partial charge in [0.05, 0.1) is 6.54 Å². The minimum atomic E-state index is -0.231. The van der Waals surface area contributed by atoms with E-state index < -0.39 is 0 Å². The van der Waals surface area contributed by atoms with Gasteiger partial charge in [-0.2, -0.15) is 0 Å². The smallest absolute Gasteiger partial charge is 0.254 e. The maximum atomic E-state index is 12.1. The molecule has 1 aliphatic rings. The summed E-state index contributed by atoms with van der Waals surface area (Å²) in [6.45, 7) is 4.25. The predicted octanol–water partition coefficient (Wildman–Crippen LogP) is 1.28. The van der Waals surface area contributed by atoms with E-state index in [-0.39, 0.29) is 24.0 Å². The van der Waals surface area contributed by atoms with Crippen LogP contribution in [0.2, 0.25) is 0 Å². The van der Waals surface area contributed by atoms with Gasteiger partial charge in [-0.3, -0.25) is 9.59 Å². The molecule has 7 nitrogen and oxygen atoms in total. The van der Waals surface area contributed by atoms with Crippen LogP contribution in [0.3, 0.4) is 0 Å². The first-order valence-corrected chi connectivity index (χ1v) is 8.24. The minimum absolute atomic E-state index is 0.137. The van der Waals surface area contributed by atoms with Gasteiger partial charge in [-0.1, -0.05) is 12.1 Å². The summed E-state index contributed by atoms with van der Waals surface area (Å²) in [5.74, 6) is 1.83. The van der Waals surface area contributed by atoms with Gasteiger partial charge < -0.3 is 19.8 Å². The lowest BCUT2D eigenvalue weighted by atomic mass is 10.1. The van der Waals surface area contributed by atoms with Crippen molar-refractivity contribution in [3.63, 3.8) is 0 Å². The Balaban J connectivity index is 1.49. The first kappa shape index (κ1) is 17.0. The highest BCUT2D eigenvalue weighted by atomic mass is 16.6. The van der Waals surface area contributed by atoms with Gasteiger partial charge in [0.25, 0.3) is 5.56 Å². The summed E-state index contributed by atoms with van der Waals surface area (Å²) in [5, 5.41) is 2.83. The monoisotopic (exact) mass is 343 g/mol. The van der Waals surface area contributed by atoms with Crippen LogP contribution >= 0.6 is 0 Å². The maximum absolute atomic E-state index is 12.1. The van der Waals surface area contributed by atoms with Gasteiger partial charge in [0.1, 0.15) is 18.5 Å².